The highest BCUT2D eigenvalue weighted by Crippen LogP contribution is 2.14. The zero-order chi connectivity index (χ0) is 12.0. The highest BCUT2D eigenvalue weighted by molar-refractivity contribution is 6.33. The number of rotatable bonds is 6. The second kappa shape index (κ2) is 5.85. The highest BCUT2D eigenvalue weighted by atomic mass is 16.4. The zero-order valence-electron chi connectivity index (χ0n) is 8.93. The number of carboxylic acid groups (broad SMARTS) is 1. The van der Waals surface area contributed by atoms with Crippen molar-refractivity contribution in [2.75, 3.05) is 0 Å². The monoisotopic (exact) mass is 218 g/mol. The lowest BCUT2D eigenvalue weighted by Crippen LogP contribution is -2.24. The molecule has 1 unspecified atom stereocenters. The summed E-state index contributed by atoms with van der Waals surface area (Å²) in [6, 6.07) is 9.37. The Morgan fingerprint density at radius 2 is 1.94 bits per heavy atom. The fourth-order valence-electron chi connectivity index (χ4n) is 1.56. The molecule has 1 N–H and O–H groups in total. The van der Waals surface area contributed by atoms with E-state index < -0.39 is 17.7 Å². The van der Waals surface area contributed by atoms with Gasteiger partial charge in [-0.2, -0.15) is 0 Å². The number of ketones is 1. The van der Waals surface area contributed by atoms with Crippen molar-refractivity contribution < 1.29 is 14.7 Å². The first kappa shape index (κ1) is 12.2. The molecule has 3 heteroatoms. The normalized spacial score (nSPS) is 11.8. The molecule has 0 aliphatic rings. The van der Waals surface area contributed by atoms with Crippen molar-refractivity contribution in [3.8, 4) is 0 Å². The summed E-state index contributed by atoms with van der Waals surface area (Å²) in [4.78, 5) is 22.0. The minimum Gasteiger partial charge on any atom is -0.475 e. The van der Waals surface area contributed by atoms with Crippen LogP contribution in [0.25, 0.3) is 0 Å². The van der Waals surface area contributed by atoms with Gasteiger partial charge < -0.3 is 5.11 Å². The molecule has 0 spiro atoms. The van der Waals surface area contributed by atoms with Crippen LogP contribution in [0.4, 0.5) is 0 Å². The summed E-state index contributed by atoms with van der Waals surface area (Å²) in [6.45, 7) is 3.54. The Morgan fingerprint density at radius 3 is 2.44 bits per heavy atom. The summed E-state index contributed by atoms with van der Waals surface area (Å²) in [7, 11) is 0. The first-order valence-corrected chi connectivity index (χ1v) is 5.07. The summed E-state index contributed by atoms with van der Waals surface area (Å²) in [5.74, 6) is -2.64. The van der Waals surface area contributed by atoms with E-state index >= 15 is 0 Å². The van der Waals surface area contributed by atoms with Gasteiger partial charge in [0.2, 0.25) is 5.78 Å². The Balaban J connectivity index is 2.76. The number of hydrogen-bond donors (Lipinski definition) is 1. The number of aliphatic carboxylic acids is 1. The van der Waals surface area contributed by atoms with Gasteiger partial charge in [0.25, 0.3) is 0 Å². The summed E-state index contributed by atoms with van der Waals surface area (Å²) < 4.78 is 0. The van der Waals surface area contributed by atoms with Crippen molar-refractivity contribution in [2.24, 2.45) is 5.92 Å². The van der Waals surface area contributed by atoms with E-state index in [0.717, 1.165) is 5.56 Å². The second-order valence-corrected chi connectivity index (χ2v) is 3.58. The lowest BCUT2D eigenvalue weighted by Gasteiger charge is -2.10. The van der Waals surface area contributed by atoms with Crippen LogP contribution in [-0.4, -0.2) is 16.9 Å². The Kier molecular flexibility index (Phi) is 4.45. The van der Waals surface area contributed by atoms with Crippen molar-refractivity contribution in [1.29, 1.82) is 0 Å². The summed E-state index contributed by atoms with van der Waals surface area (Å²) in [5.41, 5.74) is 0.962. The quantitative estimate of drug-likeness (QED) is 0.587. The Labute approximate surface area is 94.4 Å². The average Bonchev–Trinajstić information content (AvgIpc) is 2.29. The van der Waals surface area contributed by atoms with Gasteiger partial charge in [-0.05, 0) is 18.4 Å². The number of benzene rings is 1. The fraction of sp³-hybridized carbons (Fsp3) is 0.231. The molecule has 1 aromatic carbocycles. The molecule has 0 bridgehead atoms. The van der Waals surface area contributed by atoms with Crippen LogP contribution >= 0.6 is 0 Å². The molecule has 0 radical (unpaired) electrons. The van der Waals surface area contributed by atoms with E-state index in [4.69, 9.17) is 5.11 Å². The molecule has 1 atom stereocenters. The number of hydrogen-bond acceptors (Lipinski definition) is 2. The van der Waals surface area contributed by atoms with Crippen LogP contribution in [-0.2, 0) is 16.0 Å². The largest absolute Gasteiger partial charge is 0.475 e. The van der Waals surface area contributed by atoms with Gasteiger partial charge in [0.1, 0.15) is 0 Å². The topological polar surface area (TPSA) is 54.4 Å². The van der Waals surface area contributed by atoms with Crippen LogP contribution in [0.1, 0.15) is 12.0 Å². The number of allylic oxidation sites excluding steroid dienone is 1. The standard InChI is InChI=1S/C13H14O3/c1-2-6-11(12(14)13(15)16)9-10-7-4-3-5-8-10/h2-5,7-8,11H,1,6,9H2,(H,15,16). The van der Waals surface area contributed by atoms with Crippen molar-refractivity contribution in [3.05, 3.63) is 48.6 Å². The van der Waals surface area contributed by atoms with Gasteiger partial charge >= 0.3 is 5.97 Å². The van der Waals surface area contributed by atoms with E-state index in [-0.39, 0.29) is 0 Å². The molecule has 1 rings (SSSR count). The van der Waals surface area contributed by atoms with E-state index in [1.165, 1.54) is 0 Å². The summed E-state index contributed by atoms with van der Waals surface area (Å²) in [6.07, 6.45) is 2.41. The Morgan fingerprint density at radius 1 is 1.31 bits per heavy atom. The fourth-order valence-corrected chi connectivity index (χ4v) is 1.56. The van der Waals surface area contributed by atoms with E-state index in [2.05, 4.69) is 6.58 Å². The molecule has 84 valence electrons. The zero-order valence-corrected chi connectivity index (χ0v) is 8.93. The lowest BCUT2D eigenvalue weighted by atomic mass is 9.92. The van der Waals surface area contributed by atoms with Gasteiger partial charge in [0.15, 0.2) is 0 Å². The number of carboxylic acids is 1. The van der Waals surface area contributed by atoms with Crippen LogP contribution in [0.15, 0.2) is 43.0 Å². The summed E-state index contributed by atoms with van der Waals surface area (Å²) in [5, 5.41) is 8.67. The molecule has 0 aliphatic carbocycles. The minimum absolute atomic E-state index is 0.389. The van der Waals surface area contributed by atoms with Crippen LogP contribution in [0.5, 0.6) is 0 Å². The van der Waals surface area contributed by atoms with E-state index in [0.29, 0.717) is 12.8 Å². The molecule has 0 saturated carbocycles. The molecule has 0 aromatic heterocycles. The third kappa shape index (κ3) is 3.35. The van der Waals surface area contributed by atoms with Gasteiger partial charge in [-0.25, -0.2) is 4.79 Å². The van der Waals surface area contributed by atoms with Gasteiger partial charge in [0, 0.05) is 5.92 Å². The van der Waals surface area contributed by atoms with Gasteiger partial charge in [0.05, 0.1) is 0 Å². The van der Waals surface area contributed by atoms with Gasteiger partial charge in [-0.3, -0.25) is 4.79 Å². The predicted molar refractivity (Wildman–Crippen MR) is 61.1 cm³/mol. The molecule has 3 nitrogen and oxygen atoms in total. The van der Waals surface area contributed by atoms with E-state index in [9.17, 15) is 9.59 Å². The predicted octanol–water partition coefficient (Wildman–Crippen LogP) is 2.08. The van der Waals surface area contributed by atoms with Crippen LogP contribution in [0, 0.1) is 5.92 Å². The summed E-state index contributed by atoms with van der Waals surface area (Å²) >= 11 is 0. The van der Waals surface area contributed by atoms with Crippen LogP contribution in [0.3, 0.4) is 0 Å². The molecule has 0 aliphatic heterocycles. The van der Waals surface area contributed by atoms with Gasteiger partial charge in [-0.15, -0.1) is 6.58 Å². The maximum absolute atomic E-state index is 11.4. The molecule has 0 heterocycles. The molecule has 0 fully saturated rings. The van der Waals surface area contributed by atoms with E-state index in [1.54, 1.807) is 6.08 Å². The molecule has 0 amide bonds. The van der Waals surface area contributed by atoms with Crippen molar-refractivity contribution in [2.45, 2.75) is 12.8 Å². The number of carbonyl (C=O) groups is 2. The SMILES string of the molecule is C=CCC(Cc1ccccc1)C(=O)C(=O)O. The lowest BCUT2D eigenvalue weighted by molar-refractivity contribution is -0.151. The Hall–Kier alpha value is -1.90. The first-order chi connectivity index (χ1) is 7.65. The maximum atomic E-state index is 11.4. The molecule has 16 heavy (non-hydrogen) atoms. The number of Topliss-reactive ketones (excluding diaryl/α,β-unsaturated/α-hetero) is 1. The minimum atomic E-state index is -1.37. The molecular weight excluding hydrogens is 204 g/mol. The second-order valence-electron chi connectivity index (χ2n) is 3.58. The van der Waals surface area contributed by atoms with Gasteiger partial charge in [-0.1, -0.05) is 36.4 Å². The van der Waals surface area contributed by atoms with Crippen LogP contribution in [0.2, 0.25) is 0 Å². The molecular formula is C13H14O3. The third-order valence-electron chi connectivity index (χ3n) is 2.36. The molecule has 0 saturated heterocycles. The molecule has 1 aromatic rings. The van der Waals surface area contributed by atoms with E-state index in [1.807, 2.05) is 30.3 Å². The first-order valence-electron chi connectivity index (χ1n) is 5.07. The number of carbonyl (C=O) groups excluding carboxylic acids is 1. The maximum Gasteiger partial charge on any atom is 0.372 e. The van der Waals surface area contributed by atoms with Crippen molar-refractivity contribution in [1.82, 2.24) is 0 Å². The van der Waals surface area contributed by atoms with Crippen molar-refractivity contribution >= 4 is 11.8 Å². The third-order valence-corrected chi connectivity index (χ3v) is 2.36. The highest BCUT2D eigenvalue weighted by Gasteiger charge is 2.23. The van der Waals surface area contributed by atoms with Crippen molar-refractivity contribution in [3.63, 3.8) is 0 Å². The Bertz CT molecular complexity index is 381. The smallest absolute Gasteiger partial charge is 0.372 e. The van der Waals surface area contributed by atoms with Crippen LogP contribution < -0.4 is 0 Å². The average molecular weight is 218 g/mol.